The van der Waals surface area contributed by atoms with Crippen LogP contribution < -0.4 is 0 Å². The maximum Gasteiger partial charge on any atom is 0.338 e. The van der Waals surface area contributed by atoms with Crippen molar-refractivity contribution >= 4 is 11.9 Å². The lowest BCUT2D eigenvalue weighted by Crippen LogP contribution is -2.13. The number of carboxylic acids is 1. The molecule has 0 saturated carbocycles. The quantitative estimate of drug-likeness (QED) is 0.219. The van der Waals surface area contributed by atoms with Crippen molar-refractivity contribution in [2.24, 2.45) is 0 Å². The fourth-order valence-electron chi connectivity index (χ4n) is 2.09. The van der Waals surface area contributed by atoms with E-state index in [9.17, 15) is 9.59 Å². The van der Waals surface area contributed by atoms with E-state index in [0.29, 0.717) is 6.61 Å². The summed E-state index contributed by atoms with van der Waals surface area (Å²) in [4.78, 5) is 22.1. The molecule has 0 saturated heterocycles. The van der Waals surface area contributed by atoms with Gasteiger partial charge in [0.15, 0.2) is 0 Å². The van der Waals surface area contributed by atoms with Gasteiger partial charge in [0.25, 0.3) is 0 Å². The highest BCUT2D eigenvalue weighted by Crippen LogP contribution is 2.11. The van der Waals surface area contributed by atoms with Crippen LogP contribution in [-0.2, 0) is 14.3 Å². The van der Waals surface area contributed by atoms with Gasteiger partial charge in [-0.15, -0.1) is 0 Å². The van der Waals surface area contributed by atoms with Gasteiger partial charge in [-0.2, -0.15) is 0 Å². The fourth-order valence-corrected chi connectivity index (χ4v) is 2.09. The number of hydrogen-bond donors (Lipinski definition) is 1. The van der Waals surface area contributed by atoms with E-state index >= 15 is 0 Å². The van der Waals surface area contributed by atoms with E-state index in [2.05, 4.69) is 20.1 Å². The normalized spacial score (nSPS) is 10.2. The molecule has 22 heavy (non-hydrogen) atoms. The number of carboxylic acid groups (broad SMARTS) is 1. The van der Waals surface area contributed by atoms with Gasteiger partial charge in [-0.1, -0.05) is 77.9 Å². The van der Waals surface area contributed by atoms with Gasteiger partial charge in [0.1, 0.15) is 0 Å². The first kappa shape index (κ1) is 20.4. The number of unbranched alkanes of at least 4 members (excludes halogenated alkanes) is 9. The van der Waals surface area contributed by atoms with Crippen molar-refractivity contribution in [1.82, 2.24) is 0 Å². The molecule has 0 rings (SSSR count). The van der Waals surface area contributed by atoms with Crippen molar-refractivity contribution in [2.75, 3.05) is 6.61 Å². The Labute approximate surface area is 134 Å². The summed E-state index contributed by atoms with van der Waals surface area (Å²) in [5.41, 5.74) is -0.493. The zero-order valence-corrected chi connectivity index (χ0v) is 13.9. The monoisotopic (exact) mass is 310 g/mol. The Balaban J connectivity index is 3.46. The molecule has 126 valence electrons. The molecule has 0 aliphatic heterocycles. The van der Waals surface area contributed by atoms with Gasteiger partial charge in [0.2, 0.25) is 0 Å². The minimum atomic E-state index is -1.25. The van der Waals surface area contributed by atoms with Crippen LogP contribution in [0.25, 0.3) is 0 Å². The molecule has 0 spiro atoms. The molecule has 0 amide bonds. The topological polar surface area (TPSA) is 63.6 Å². The summed E-state index contributed by atoms with van der Waals surface area (Å²) in [6.07, 6.45) is 12.1. The van der Waals surface area contributed by atoms with Gasteiger partial charge in [-0.05, 0) is 6.42 Å². The third kappa shape index (κ3) is 10.2. The Bertz CT molecular complexity index is 371. The lowest BCUT2D eigenvalue weighted by atomic mass is 10.1. The molecular formula is C18H30O4. The summed E-state index contributed by atoms with van der Waals surface area (Å²) in [5.74, 6) is -1.94. The molecule has 0 aliphatic rings. The number of hydrogen-bond acceptors (Lipinski definition) is 3. The van der Waals surface area contributed by atoms with Crippen molar-refractivity contribution in [3.05, 3.63) is 24.3 Å². The van der Waals surface area contributed by atoms with Gasteiger partial charge in [0, 0.05) is 0 Å². The minimum absolute atomic E-state index is 0.181. The molecule has 0 bridgehead atoms. The molecule has 1 N–H and O–H groups in total. The second-order valence-electron chi connectivity index (χ2n) is 5.58. The second kappa shape index (κ2) is 13.1. The molecule has 0 aliphatic carbocycles. The molecule has 0 heterocycles. The van der Waals surface area contributed by atoms with Gasteiger partial charge in [-0.3, -0.25) is 0 Å². The molecule has 4 heteroatoms. The Morgan fingerprint density at radius 3 is 1.73 bits per heavy atom. The zero-order chi connectivity index (χ0) is 16.8. The van der Waals surface area contributed by atoms with Gasteiger partial charge >= 0.3 is 11.9 Å². The predicted molar refractivity (Wildman–Crippen MR) is 88.7 cm³/mol. The van der Waals surface area contributed by atoms with Crippen LogP contribution in [0, 0.1) is 0 Å². The van der Waals surface area contributed by atoms with Crippen molar-refractivity contribution in [3.63, 3.8) is 0 Å². The molecule has 0 radical (unpaired) electrons. The number of carbonyl (C=O) groups excluding carboxylic acids is 1. The van der Waals surface area contributed by atoms with Crippen molar-refractivity contribution < 1.29 is 19.4 Å². The van der Waals surface area contributed by atoms with Crippen LogP contribution in [0.3, 0.4) is 0 Å². The second-order valence-corrected chi connectivity index (χ2v) is 5.58. The first-order chi connectivity index (χ1) is 10.5. The number of aliphatic carboxylic acids is 1. The van der Waals surface area contributed by atoms with Gasteiger partial charge in [-0.25, -0.2) is 9.59 Å². The van der Waals surface area contributed by atoms with Crippen LogP contribution >= 0.6 is 0 Å². The lowest BCUT2D eigenvalue weighted by molar-refractivity contribution is -0.140. The highest BCUT2D eigenvalue weighted by atomic mass is 16.5. The number of rotatable bonds is 14. The van der Waals surface area contributed by atoms with Crippen molar-refractivity contribution in [1.29, 1.82) is 0 Å². The zero-order valence-electron chi connectivity index (χ0n) is 13.9. The third-order valence-electron chi connectivity index (χ3n) is 3.60. The average Bonchev–Trinajstić information content (AvgIpc) is 2.50. The van der Waals surface area contributed by atoms with Crippen LogP contribution in [0.5, 0.6) is 0 Å². The Morgan fingerprint density at radius 1 is 0.818 bits per heavy atom. The maximum absolute atomic E-state index is 11.5. The number of ether oxygens (including phenoxy) is 1. The van der Waals surface area contributed by atoms with E-state index in [1.165, 1.54) is 44.9 Å². The third-order valence-corrected chi connectivity index (χ3v) is 3.60. The summed E-state index contributed by atoms with van der Waals surface area (Å²) in [7, 11) is 0. The Kier molecular flexibility index (Phi) is 12.2. The number of carbonyl (C=O) groups is 2. The lowest BCUT2D eigenvalue weighted by Gasteiger charge is -2.07. The molecule has 4 nitrogen and oxygen atoms in total. The van der Waals surface area contributed by atoms with E-state index in [4.69, 9.17) is 9.84 Å². The SMILES string of the molecule is C=C(C(=C)C(=O)OCCCCCCCCCCCC)C(=O)O. The summed E-state index contributed by atoms with van der Waals surface area (Å²) in [6.45, 7) is 9.20. The molecule has 0 atom stereocenters. The van der Waals surface area contributed by atoms with Gasteiger partial charge in [0.05, 0.1) is 17.8 Å². The van der Waals surface area contributed by atoms with E-state index < -0.39 is 11.9 Å². The maximum atomic E-state index is 11.5. The van der Waals surface area contributed by atoms with Crippen molar-refractivity contribution in [3.8, 4) is 0 Å². The Morgan fingerprint density at radius 2 is 1.27 bits per heavy atom. The van der Waals surface area contributed by atoms with E-state index in [1.54, 1.807) is 0 Å². The largest absolute Gasteiger partial charge is 0.478 e. The summed E-state index contributed by atoms with van der Waals surface area (Å²) in [6, 6.07) is 0. The van der Waals surface area contributed by atoms with Crippen LogP contribution in [-0.4, -0.2) is 23.7 Å². The van der Waals surface area contributed by atoms with E-state index in [0.717, 1.165) is 19.3 Å². The van der Waals surface area contributed by atoms with E-state index in [1.807, 2.05) is 0 Å². The first-order valence-electron chi connectivity index (χ1n) is 8.29. The molecule has 0 unspecified atom stereocenters. The van der Waals surface area contributed by atoms with Crippen LogP contribution in [0.4, 0.5) is 0 Å². The van der Waals surface area contributed by atoms with E-state index in [-0.39, 0.29) is 11.1 Å². The molecule has 0 fully saturated rings. The number of esters is 1. The molecule has 0 aromatic heterocycles. The van der Waals surface area contributed by atoms with Crippen LogP contribution in [0.2, 0.25) is 0 Å². The molecule has 0 aromatic rings. The smallest absolute Gasteiger partial charge is 0.338 e. The first-order valence-corrected chi connectivity index (χ1v) is 8.29. The van der Waals surface area contributed by atoms with Gasteiger partial charge < -0.3 is 9.84 Å². The minimum Gasteiger partial charge on any atom is -0.478 e. The molecule has 0 aromatic carbocycles. The summed E-state index contributed by atoms with van der Waals surface area (Å²) >= 11 is 0. The molecular weight excluding hydrogens is 280 g/mol. The highest BCUT2D eigenvalue weighted by molar-refractivity contribution is 6.05. The van der Waals surface area contributed by atoms with Crippen LogP contribution in [0.1, 0.15) is 71.1 Å². The summed E-state index contributed by atoms with van der Waals surface area (Å²) in [5, 5.41) is 8.69. The Hall–Kier alpha value is -1.58. The fraction of sp³-hybridized carbons (Fsp3) is 0.667. The highest BCUT2D eigenvalue weighted by Gasteiger charge is 2.16. The van der Waals surface area contributed by atoms with Crippen molar-refractivity contribution in [2.45, 2.75) is 71.1 Å². The average molecular weight is 310 g/mol. The summed E-state index contributed by atoms with van der Waals surface area (Å²) < 4.78 is 4.98. The standard InChI is InChI=1S/C18H30O4/c1-4-5-6-7-8-9-10-11-12-13-14-22-18(21)16(3)15(2)17(19)20/h2-14H2,1H3,(H,19,20). The predicted octanol–water partition coefficient (Wildman–Crippen LogP) is 4.65. The van der Waals surface area contributed by atoms with Crippen LogP contribution in [0.15, 0.2) is 24.3 Å².